The molecule has 2 amide bonds. The molecule has 162 valence electrons. The molecule has 1 aliphatic heterocycles. The van der Waals surface area contributed by atoms with E-state index in [-0.39, 0.29) is 36.1 Å². The fraction of sp³-hybridized carbons (Fsp3) is 0.318. The lowest BCUT2D eigenvalue weighted by atomic mass is 10.1. The van der Waals surface area contributed by atoms with Crippen molar-refractivity contribution in [1.29, 1.82) is 0 Å². The standard InChI is InChI=1S/C22H22F2N4O2S/c1-26(2)10-11-27(22-25-20-17(24)4-3-5-18(20)31-22)21(30)14-12-19(29)28(13-14)16-8-6-15(23)7-9-16/h3-9,14H,10-13H2,1-2H3. The van der Waals surface area contributed by atoms with E-state index in [4.69, 9.17) is 0 Å². The zero-order valence-electron chi connectivity index (χ0n) is 17.2. The molecular weight excluding hydrogens is 422 g/mol. The number of halogens is 2. The van der Waals surface area contributed by atoms with E-state index in [1.807, 2.05) is 19.0 Å². The van der Waals surface area contributed by atoms with Gasteiger partial charge in [-0.3, -0.25) is 14.5 Å². The third kappa shape index (κ3) is 4.42. The van der Waals surface area contributed by atoms with Crippen molar-refractivity contribution in [3.8, 4) is 0 Å². The van der Waals surface area contributed by atoms with E-state index >= 15 is 0 Å². The Labute approximate surface area is 182 Å². The highest BCUT2D eigenvalue weighted by Gasteiger charge is 2.38. The highest BCUT2D eigenvalue weighted by Crippen LogP contribution is 2.33. The number of carbonyl (C=O) groups excluding carboxylic acids is 2. The van der Waals surface area contributed by atoms with Gasteiger partial charge < -0.3 is 9.80 Å². The molecule has 2 aromatic carbocycles. The van der Waals surface area contributed by atoms with Crippen molar-refractivity contribution in [2.75, 3.05) is 43.5 Å². The van der Waals surface area contributed by atoms with E-state index < -0.39 is 11.7 Å². The van der Waals surface area contributed by atoms with Gasteiger partial charge >= 0.3 is 0 Å². The van der Waals surface area contributed by atoms with Crippen LogP contribution in [0.4, 0.5) is 19.6 Å². The second kappa shape index (κ2) is 8.68. The van der Waals surface area contributed by atoms with Gasteiger partial charge in [-0.1, -0.05) is 17.4 Å². The highest BCUT2D eigenvalue weighted by atomic mass is 32.1. The Kier molecular flexibility index (Phi) is 5.97. The predicted molar refractivity (Wildman–Crippen MR) is 117 cm³/mol. The number of carbonyl (C=O) groups is 2. The zero-order valence-corrected chi connectivity index (χ0v) is 18.0. The summed E-state index contributed by atoms with van der Waals surface area (Å²) in [6.45, 7) is 1.17. The summed E-state index contributed by atoms with van der Waals surface area (Å²) in [6.07, 6.45) is 0.0634. The van der Waals surface area contributed by atoms with Crippen molar-refractivity contribution < 1.29 is 18.4 Å². The van der Waals surface area contributed by atoms with Gasteiger partial charge in [0.2, 0.25) is 11.8 Å². The summed E-state index contributed by atoms with van der Waals surface area (Å²) in [5.41, 5.74) is 0.796. The van der Waals surface area contributed by atoms with Crippen molar-refractivity contribution in [3.05, 3.63) is 54.1 Å². The minimum absolute atomic E-state index is 0.0634. The highest BCUT2D eigenvalue weighted by molar-refractivity contribution is 7.22. The smallest absolute Gasteiger partial charge is 0.234 e. The van der Waals surface area contributed by atoms with E-state index in [2.05, 4.69) is 4.98 Å². The second-order valence-corrected chi connectivity index (χ2v) is 8.77. The third-order valence-corrected chi connectivity index (χ3v) is 6.28. The SMILES string of the molecule is CN(C)CCN(C(=O)C1CC(=O)N(c2ccc(F)cc2)C1)c1nc2c(F)cccc2s1. The van der Waals surface area contributed by atoms with Crippen molar-refractivity contribution >= 4 is 44.2 Å². The summed E-state index contributed by atoms with van der Waals surface area (Å²) < 4.78 is 28.0. The van der Waals surface area contributed by atoms with Crippen LogP contribution in [-0.4, -0.2) is 55.4 Å². The lowest BCUT2D eigenvalue weighted by Gasteiger charge is -2.24. The van der Waals surface area contributed by atoms with Crippen LogP contribution in [0, 0.1) is 17.6 Å². The van der Waals surface area contributed by atoms with E-state index in [1.54, 1.807) is 17.0 Å². The molecule has 1 fully saturated rings. The van der Waals surface area contributed by atoms with Crippen LogP contribution in [-0.2, 0) is 9.59 Å². The van der Waals surface area contributed by atoms with Crippen LogP contribution in [0.5, 0.6) is 0 Å². The van der Waals surface area contributed by atoms with Gasteiger partial charge in [-0.25, -0.2) is 13.8 Å². The van der Waals surface area contributed by atoms with E-state index in [0.717, 1.165) is 0 Å². The van der Waals surface area contributed by atoms with Gasteiger partial charge in [-0.15, -0.1) is 0 Å². The van der Waals surface area contributed by atoms with Gasteiger partial charge in [0.1, 0.15) is 17.2 Å². The van der Waals surface area contributed by atoms with Crippen LogP contribution in [0.15, 0.2) is 42.5 Å². The molecule has 0 radical (unpaired) electrons. The Morgan fingerprint density at radius 3 is 2.58 bits per heavy atom. The average molecular weight is 445 g/mol. The Bertz CT molecular complexity index is 1120. The first-order chi connectivity index (χ1) is 14.8. The number of para-hydroxylation sites is 1. The maximum Gasteiger partial charge on any atom is 0.234 e. The summed E-state index contributed by atoms with van der Waals surface area (Å²) in [5, 5.41) is 0.416. The van der Waals surface area contributed by atoms with Crippen molar-refractivity contribution in [3.63, 3.8) is 0 Å². The number of anilines is 2. The Morgan fingerprint density at radius 2 is 1.90 bits per heavy atom. The van der Waals surface area contributed by atoms with Gasteiger partial charge in [-0.05, 0) is 50.5 Å². The first kappa shape index (κ1) is 21.3. The molecule has 0 bridgehead atoms. The normalized spacial score (nSPS) is 16.5. The molecule has 3 aromatic rings. The molecule has 4 rings (SSSR count). The average Bonchev–Trinajstić information content (AvgIpc) is 3.33. The molecule has 31 heavy (non-hydrogen) atoms. The molecule has 0 saturated carbocycles. The largest absolute Gasteiger partial charge is 0.312 e. The number of fused-ring (bicyclic) bond motifs is 1. The maximum absolute atomic E-state index is 14.2. The zero-order chi connectivity index (χ0) is 22.1. The number of likely N-dealkylation sites (N-methyl/N-ethyl adjacent to an activating group) is 1. The Hall–Kier alpha value is -2.91. The first-order valence-corrected chi connectivity index (χ1v) is 10.7. The predicted octanol–water partition coefficient (Wildman–Crippen LogP) is 3.52. The minimum Gasteiger partial charge on any atom is -0.312 e. The minimum atomic E-state index is -0.559. The fourth-order valence-corrected chi connectivity index (χ4v) is 4.59. The summed E-state index contributed by atoms with van der Waals surface area (Å²) in [5.74, 6) is -1.79. The maximum atomic E-state index is 14.2. The van der Waals surface area contributed by atoms with E-state index in [9.17, 15) is 18.4 Å². The van der Waals surface area contributed by atoms with Crippen molar-refractivity contribution in [2.45, 2.75) is 6.42 Å². The quantitative estimate of drug-likeness (QED) is 0.584. The summed E-state index contributed by atoms with van der Waals surface area (Å²) >= 11 is 1.25. The molecule has 1 aliphatic rings. The summed E-state index contributed by atoms with van der Waals surface area (Å²) in [7, 11) is 3.80. The topological polar surface area (TPSA) is 56.8 Å². The van der Waals surface area contributed by atoms with Crippen LogP contribution < -0.4 is 9.80 Å². The molecule has 9 heteroatoms. The lowest BCUT2D eigenvalue weighted by molar-refractivity contribution is -0.124. The van der Waals surface area contributed by atoms with Gasteiger partial charge in [0.05, 0.1) is 10.6 Å². The Balaban J connectivity index is 1.60. The van der Waals surface area contributed by atoms with E-state index in [0.29, 0.717) is 28.6 Å². The fourth-order valence-electron chi connectivity index (χ4n) is 3.58. The third-order valence-electron chi connectivity index (χ3n) is 5.24. The van der Waals surface area contributed by atoms with Crippen LogP contribution in [0.1, 0.15) is 6.42 Å². The number of hydrogen-bond donors (Lipinski definition) is 0. The molecule has 1 atom stereocenters. The number of thiazole rings is 1. The summed E-state index contributed by atoms with van der Waals surface area (Å²) in [6, 6.07) is 10.4. The van der Waals surface area contributed by atoms with Gasteiger partial charge in [-0.2, -0.15) is 0 Å². The molecule has 1 saturated heterocycles. The monoisotopic (exact) mass is 444 g/mol. The Morgan fingerprint density at radius 1 is 1.16 bits per heavy atom. The van der Waals surface area contributed by atoms with Crippen LogP contribution >= 0.6 is 11.3 Å². The number of aromatic nitrogens is 1. The van der Waals surface area contributed by atoms with Crippen LogP contribution in [0.2, 0.25) is 0 Å². The first-order valence-electron chi connectivity index (χ1n) is 9.90. The van der Waals surface area contributed by atoms with Gasteiger partial charge in [0, 0.05) is 31.7 Å². The molecule has 0 aliphatic carbocycles. The molecule has 0 spiro atoms. The molecular formula is C22H22F2N4O2S. The number of rotatable bonds is 6. The van der Waals surface area contributed by atoms with Crippen LogP contribution in [0.25, 0.3) is 10.2 Å². The number of hydrogen-bond acceptors (Lipinski definition) is 5. The molecule has 6 nitrogen and oxygen atoms in total. The van der Waals surface area contributed by atoms with Gasteiger partial charge in [0.25, 0.3) is 0 Å². The molecule has 1 aromatic heterocycles. The van der Waals surface area contributed by atoms with Crippen molar-refractivity contribution in [1.82, 2.24) is 9.88 Å². The lowest BCUT2D eigenvalue weighted by Crippen LogP contribution is -2.41. The number of benzene rings is 2. The van der Waals surface area contributed by atoms with Crippen LogP contribution in [0.3, 0.4) is 0 Å². The summed E-state index contributed by atoms with van der Waals surface area (Å²) in [4.78, 5) is 35.4. The molecule has 2 heterocycles. The van der Waals surface area contributed by atoms with E-state index in [1.165, 1.54) is 46.6 Å². The van der Waals surface area contributed by atoms with Crippen molar-refractivity contribution in [2.24, 2.45) is 5.92 Å². The van der Waals surface area contributed by atoms with Gasteiger partial charge in [0.15, 0.2) is 5.13 Å². The second-order valence-electron chi connectivity index (χ2n) is 7.76. The molecule has 0 N–H and O–H groups in total. The number of amides is 2. The number of nitrogens with zero attached hydrogens (tertiary/aromatic N) is 4. The molecule has 1 unspecified atom stereocenters.